The molecule has 2 fully saturated rings. The molecule has 0 bridgehead atoms. The molecule has 0 unspecified atom stereocenters. The molecule has 2 aliphatic heterocycles. The van der Waals surface area contributed by atoms with Crippen molar-refractivity contribution in [1.82, 2.24) is 33.9 Å². The zero-order valence-corrected chi connectivity index (χ0v) is 39.4. The predicted octanol–water partition coefficient (Wildman–Crippen LogP) is 5.29. The number of anilines is 6. The van der Waals surface area contributed by atoms with Crippen molar-refractivity contribution < 1.29 is 19.7 Å². The minimum Gasteiger partial charge on any atom is -0.461 e. The number of aliphatic hydroxyl groups excluding tert-OH is 2. The van der Waals surface area contributed by atoms with E-state index in [1.807, 2.05) is 40.1 Å². The minimum atomic E-state index is -0.501. The summed E-state index contributed by atoms with van der Waals surface area (Å²) in [5.41, 5.74) is 4.46. The quantitative estimate of drug-likeness (QED) is 0.128. The Morgan fingerprint density at radius 2 is 1.34 bits per heavy atom. The fourth-order valence-corrected chi connectivity index (χ4v) is 8.17. The van der Waals surface area contributed by atoms with E-state index in [1.54, 1.807) is 81.6 Å². The molecular weight excluding hydrogens is 923 g/mol. The van der Waals surface area contributed by atoms with E-state index < -0.39 is 5.97 Å². The first-order valence-corrected chi connectivity index (χ1v) is 22.2. The normalized spacial score (nSPS) is 13.9. The maximum atomic E-state index is 13.8. The molecule has 2 saturated heterocycles. The molecule has 0 atom stereocenters. The number of hydrogen-bond donors (Lipinski definition) is 4. The number of aromatic nitrogens is 7. The first kappa shape index (κ1) is 46.3. The molecule has 0 aliphatic carbocycles. The molecule has 0 spiro atoms. The van der Waals surface area contributed by atoms with E-state index in [4.69, 9.17) is 4.74 Å². The van der Waals surface area contributed by atoms with Gasteiger partial charge in [-0.3, -0.25) is 19.2 Å². The van der Waals surface area contributed by atoms with E-state index in [2.05, 4.69) is 67.4 Å². The number of carbonyl (C=O) groups excluding carboxylic acids is 1. The van der Waals surface area contributed by atoms with Crippen molar-refractivity contribution in [3.8, 4) is 16.9 Å². The van der Waals surface area contributed by atoms with Crippen LogP contribution >= 0.6 is 15.9 Å². The lowest BCUT2D eigenvalue weighted by molar-refractivity contribution is -0.142. The number of esters is 1. The number of nitrogens with zero attached hydrogens (tertiary/aromatic N) is 9. The van der Waals surface area contributed by atoms with Gasteiger partial charge in [-0.1, -0.05) is 26.8 Å². The molecule has 346 valence electrons. The third kappa shape index (κ3) is 10.3. The maximum absolute atomic E-state index is 13.8. The van der Waals surface area contributed by atoms with E-state index in [1.165, 1.54) is 20.7 Å². The average Bonchev–Trinajstić information content (AvgIpc) is 3.27. The zero-order valence-electron chi connectivity index (χ0n) is 37.8. The molecule has 0 amide bonds. The van der Waals surface area contributed by atoms with Crippen LogP contribution in [0.15, 0.2) is 117 Å². The Morgan fingerprint density at radius 3 is 1.88 bits per heavy atom. The van der Waals surface area contributed by atoms with Gasteiger partial charge >= 0.3 is 5.97 Å². The third-order valence-corrected chi connectivity index (χ3v) is 11.9. The van der Waals surface area contributed by atoms with Gasteiger partial charge in [-0.25, -0.2) is 15.0 Å². The van der Waals surface area contributed by atoms with Gasteiger partial charge in [0.05, 0.1) is 47.6 Å². The first-order chi connectivity index (χ1) is 31.9. The summed E-state index contributed by atoms with van der Waals surface area (Å²) in [6.07, 6.45) is 9.40. The van der Waals surface area contributed by atoms with Crippen LogP contribution in [-0.4, -0.2) is 88.4 Å². The lowest BCUT2D eigenvalue weighted by Crippen LogP contribution is -2.50. The molecule has 7 aromatic rings. The molecular formula is C48H50BrN11O7. The number of benzene rings is 1. The lowest BCUT2D eigenvalue weighted by Gasteiger charge is -2.37. The summed E-state index contributed by atoms with van der Waals surface area (Å²) in [6, 6.07) is 18.2. The Hall–Kier alpha value is -7.22. The number of halogens is 1. The zero-order chi connectivity index (χ0) is 47.7. The van der Waals surface area contributed by atoms with Crippen molar-refractivity contribution in [2.75, 3.05) is 46.6 Å². The number of ether oxygens (including phenoxy) is 1. The number of hydrogen-bond acceptors (Lipinski definition) is 15. The van der Waals surface area contributed by atoms with E-state index in [0.29, 0.717) is 71.0 Å². The largest absolute Gasteiger partial charge is 0.461 e. The van der Waals surface area contributed by atoms with Gasteiger partial charge in [-0.05, 0) is 87.1 Å². The number of β-amino-alcohol motifs (C(OH)–C–C–N with tert-alkyl or cyclic N) is 2. The van der Waals surface area contributed by atoms with Crippen molar-refractivity contribution in [1.29, 1.82) is 0 Å². The van der Waals surface area contributed by atoms with Crippen LogP contribution in [0.5, 0.6) is 0 Å². The van der Waals surface area contributed by atoms with Gasteiger partial charge < -0.3 is 44.5 Å². The SMILES string of the molecule is CC(=O)OCc1c(-c2cc(Nc3ccc(N4CC(O)C4)cn3)c(=O)n(C)c2)ccnc1-n1ncc2cc(C(C)(C)C)ccc2c1=O.Cn1cc(Br)cc(Nc2ccc(N3CC(O)C3)cn2)c1=O. The highest BCUT2D eigenvalue weighted by atomic mass is 79.9. The van der Waals surface area contributed by atoms with Gasteiger partial charge in [0.15, 0.2) is 5.82 Å². The summed E-state index contributed by atoms with van der Waals surface area (Å²) in [6.45, 7) is 9.83. The lowest BCUT2D eigenvalue weighted by atomic mass is 9.86. The van der Waals surface area contributed by atoms with Crippen LogP contribution in [0.4, 0.5) is 34.4 Å². The average molecular weight is 973 g/mol. The second-order valence-electron chi connectivity index (χ2n) is 17.6. The van der Waals surface area contributed by atoms with Crippen molar-refractivity contribution in [2.24, 2.45) is 14.1 Å². The highest BCUT2D eigenvalue weighted by molar-refractivity contribution is 9.10. The van der Waals surface area contributed by atoms with Gasteiger partial charge in [0.2, 0.25) is 0 Å². The molecule has 1 aromatic carbocycles. The van der Waals surface area contributed by atoms with Crippen LogP contribution in [0.25, 0.3) is 27.7 Å². The fraction of sp³-hybridized carbons (Fsp3) is 0.292. The number of fused-ring (bicyclic) bond motifs is 1. The highest BCUT2D eigenvalue weighted by Crippen LogP contribution is 2.31. The van der Waals surface area contributed by atoms with Crippen molar-refractivity contribution in [3.63, 3.8) is 0 Å². The monoisotopic (exact) mass is 971 g/mol. The standard InChI is InChI=1S/C34H35N7O5.C14H15BrN4O2/c1-20(42)46-19-28-26(10-11-35-31(28)41-32(44)27-8-6-23(34(2,3)4)12-21(27)14-37-41)22-13-29(33(45)39(5)16-22)38-30-9-7-24(15-36-30)40-17-25(43)18-40;1-18-6-9(15)4-12(14(18)21)17-13-3-2-10(5-16-13)19-7-11(20)8-19/h6-16,25,43H,17-19H2,1-5H3,(H,36,38);2-6,11,20H,7-8H2,1H3,(H,16,17). The van der Waals surface area contributed by atoms with Crippen molar-refractivity contribution in [3.05, 3.63) is 145 Å². The summed E-state index contributed by atoms with van der Waals surface area (Å²) in [5.74, 6) is 0.785. The Kier molecular flexibility index (Phi) is 13.1. The molecule has 6 aromatic heterocycles. The summed E-state index contributed by atoms with van der Waals surface area (Å²) in [5, 5.41) is 30.7. The number of nitrogens with one attached hydrogen (secondary N) is 2. The van der Waals surface area contributed by atoms with Gasteiger partial charge in [-0.2, -0.15) is 9.78 Å². The van der Waals surface area contributed by atoms with Gasteiger partial charge in [-0.15, -0.1) is 0 Å². The molecule has 0 radical (unpaired) electrons. The number of carbonyl (C=O) groups is 1. The van der Waals surface area contributed by atoms with Gasteiger partial charge in [0, 0.05) is 86.8 Å². The topological polar surface area (TPSA) is 215 Å². The number of aryl methyl sites for hydroxylation is 2. The predicted molar refractivity (Wildman–Crippen MR) is 261 cm³/mol. The highest BCUT2D eigenvalue weighted by Gasteiger charge is 2.26. The maximum Gasteiger partial charge on any atom is 0.302 e. The summed E-state index contributed by atoms with van der Waals surface area (Å²) >= 11 is 3.36. The Bertz CT molecular complexity index is 3160. The Morgan fingerprint density at radius 1 is 0.761 bits per heavy atom. The molecule has 67 heavy (non-hydrogen) atoms. The Labute approximate surface area is 393 Å². The van der Waals surface area contributed by atoms with Gasteiger partial charge in [0.25, 0.3) is 16.7 Å². The molecule has 18 nitrogen and oxygen atoms in total. The summed E-state index contributed by atoms with van der Waals surface area (Å²) < 4.78 is 10.4. The van der Waals surface area contributed by atoms with Crippen LogP contribution in [-0.2, 0) is 35.6 Å². The molecule has 8 heterocycles. The van der Waals surface area contributed by atoms with Crippen LogP contribution in [0.3, 0.4) is 0 Å². The van der Waals surface area contributed by atoms with E-state index >= 15 is 0 Å². The third-order valence-electron chi connectivity index (χ3n) is 11.4. The first-order valence-electron chi connectivity index (χ1n) is 21.5. The van der Waals surface area contributed by atoms with E-state index in [-0.39, 0.29) is 52.4 Å². The molecule has 9 rings (SSSR count). The summed E-state index contributed by atoms with van der Waals surface area (Å²) in [7, 11) is 3.34. The van der Waals surface area contributed by atoms with Crippen LogP contribution in [0.1, 0.15) is 38.8 Å². The molecule has 19 heteroatoms. The van der Waals surface area contributed by atoms with Crippen molar-refractivity contribution >= 4 is 67.1 Å². The minimum absolute atomic E-state index is 0.0994. The second-order valence-corrected chi connectivity index (χ2v) is 18.5. The van der Waals surface area contributed by atoms with Gasteiger partial charge in [0.1, 0.15) is 29.6 Å². The molecule has 0 saturated carbocycles. The van der Waals surface area contributed by atoms with Crippen LogP contribution < -0.4 is 37.1 Å². The summed E-state index contributed by atoms with van der Waals surface area (Å²) in [4.78, 5) is 68.2. The molecule has 4 N–H and O–H groups in total. The fourth-order valence-electron chi connectivity index (χ4n) is 7.63. The Balaban J connectivity index is 0.000000241. The molecule has 2 aliphatic rings. The van der Waals surface area contributed by atoms with E-state index in [9.17, 15) is 29.4 Å². The number of pyridine rings is 5. The second kappa shape index (κ2) is 18.9. The van der Waals surface area contributed by atoms with Crippen LogP contribution in [0, 0.1) is 0 Å². The van der Waals surface area contributed by atoms with Crippen molar-refractivity contribution in [2.45, 2.75) is 51.9 Å². The van der Waals surface area contributed by atoms with E-state index in [0.717, 1.165) is 21.4 Å². The number of aliphatic hydroxyl groups is 2. The smallest absolute Gasteiger partial charge is 0.302 e. The number of rotatable bonds is 10. The van der Waals surface area contributed by atoms with Crippen LogP contribution in [0.2, 0.25) is 0 Å².